The van der Waals surface area contributed by atoms with Crippen molar-refractivity contribution in [3.63, 3.8) is 0 Å². The van der Waals surface area contributed by atoms with E-state index in [2.05, 4.69) is 27.7 Å². The van der Waals surface area contributed by atoms with Crippen LogP contribution in [0.15, 0.2) is 11.3 Å². The van der Waals surface area contributed by atoms with Gasteiger partial charge in [0.15, 0.2) is 0 Å². The summed E-state index contributed by atoms with van der Waals surface area (Å²) >= 11 is 0. The Hall–Kier alpha value is -0.500. The summed E-state index contributed by atoms with van der Waals surface area (Å²) in [4.78, 5) is 0. The van der Waals surface area contributed by atoms with Crippen molar-refractivity contribution < 1.29 is 9.84 Å². The molecular weight excluding hydrogens is 356 g/mol. The van der Waals surface area contributed by atoms with Gasteiger partial charge in [-0.2, -0.15) is 0 Å². The second-order valence-corrected chi connectivity index (χ2v) is 12.3. The van der Waals surface area contributed by atoms with E-state index in [4.69, 9.17) is 4.74 Å². The van der Waals surface area contributed by atoms with Crippen LogP contribution in [0.4, 0.5) is 0 Å². The lowest BCUT2D eigenvalue weighted by Gasteiger charge is -2.61. The summed E-state index contributed by atoms with van der Waals surface area (Å²) < 4.78 is 6.59. The molecule has 0 bridgehead atoms. The molecule has 5 aliphatic rings. The number of ether oxygens (including phenoxy) is 1. The molecule has 1 N–H and O–H groups in total. The van der Waals surface area contributed by atoms with Crippen molar-refractivity contribution >= 4 is 0 Å². The smallest absolute Gasteiger partial charge is 0.0952 e. The van der Waals surface area contributed by atoms with Crippen LogP contribution in [0.3, 0.4) is 0 Å². The summed E-state index contributed by atoms with van der Waals surface area (Å²) in [5.74, 6) is 6.38. The molecule has 8 atom stereocenters. The van der Waals surface area contributed by atoms with Crippen molar-refractivity contribution in [1.29, 1.82) is 0 Å². The first kappa shape index (κ1) is 20.4. The number of hydrogen-bond donors (Lipinski definition) is 1. The molecule has 0 unspecified atom stereocenters. The number of rotatable bonds is 3. The lowest BCUT2D eigenvalue weighted by Crippen LogP contribution is -2.56. The Morgan fingerprint density at radius 1 is 1.03 bits per heavy atom. The predicted octanol–water partition coefficient (Wildman–Crippen LogP) is 6.73. The van der Waals surface area contributed by atoms with Crippen LogP contribution >= 0.6 is 0 Å². The SMILES string of the molecule is CC1=C(CCC(C)C)OC[C@]23CC[C@H]4[C@@H](CC[C@H]5C[C@@H](O)CC[C@@]54C)[C@@H]2CC[C@H]13. The first-order valence-corrected chi connectivity index (χ1v) is 12.9. The van der Waals surface area contributed by atoms with Gasteiger partial charge in [-0.3, -0.25) is 0 Å². The summed E-state index contributed by atoms with van der Waals surface area (Å²) in [7, 11) is 0. The third-order valence-electron chi connectivity index (χ3n) is 10.8. The van der Waals surface area contributed by atoms with Gasteiger partial charge in [-0.05, 0) is 118 Å². The lowest BCUT2D eigenvalue weighted by atomic mass is 9.44. The van der Waals surface area contributed by atoms with Crippen LogP contribution in [0.5, 0.6) is 0 Å². The summed E-state index contributed by atoms with van der Waals surface area (Å²) in [6, 6.07) is 0. The minimum Gasteiger partial charge on any atom is -0.497 e. The predicted molar refractivity (Wildman–Crippen MR) is 118 cm³/mol. The minimum absolute atomic E-state index is 0.0285. The van der Waals surface area contributed by atoms with Crippen molar-refractivity contribution in [3.8, 4) is 0 Å². The highest BCUT2D eigenvalue weighted by Gasteiger charge is 2.63. The lowest BCUT2D eigenvalue weighted by molar-refractivity contribution is -0.143. The molecule has 0 aromatic carbocycles. The van der Waals surface area contributed by atoms with Crippen LogP contribution in [-0.4, -0.2) is 17.8 Å². The number of allylic oxidation sites excluding steroid dienone is 2. The molecule has 1 aliphatic heterocycles. The van der Waals surface area contributed by atoms with Gasteiger partial charge in [-0.1, -0.05) is 20.8 Å². The van der Waals surface area contributed by atoms with Crippen LogP contribution in [0.2, 0.25) is 0 Å². The Balaban J connectivity index is 1.38. The highest BCUT2D eigenvalue weighted by atomic mass is 16.5. The minimum atomic E-state index is -0.0285. The molecule has 1 heterocycles. The Kier molecular flexibility index (Phi) is 5.12. The molecule has 2 nitrogen and oxygen atoms in total. The van der Waals surface area contributed by atoms with Crippen molar-refractivity contribution in [2.45, 2.75) is 104 Å². The van der Waals surface area contributed by atoms with Gasteiger partial charge in [-0.25, -0.2) is 0 Å². The standard InChI is InChI=1S/C27H44O2/c1-17(2)5-10-25-18(3)22-8-9-24-21-7-6-19-15-20(28)11-13-26(19,4)23(21)12-14-27(22,24)16-29-25/h17,19-24,28H,5-16H2,1-4H3/t19-,20-,21+,22+,23-,24-,26-,27-/m0/s1. The number of hydrogen-bond acceptors (Lipinski definition) is 2. The maximum absolute atomic E-state index is 10.3. The molecule has 0 aromatic rings. The third-order valence-corrected chi connectivity index (χ3v) is 10.8. The molecule has 0 amide bonds. The number of fused-ring (bicyclic) bond motifs is 4. The molecule has 29 heavy (non-hydrogen) atoms. The van der Waals surface area contributed by atoms with E-state index in [1.807, 2.05) is 0 Å². The van der Waals surface area contributed by atoms with Crippen LogP contribution in [0.1, 0.15) is 98.3 Å². The van der Waals surface area contributed by atoms with Crippen LogP contribution < -0.4 is 0 Å². The summed E-state index contributed by atoms with van der Waals surface area (Å²) in [6.45, 7) is 10.7. The molecule has 4 fully saturated rings. The van der Waals surface area contributed by atoms with E-state index < -0.39 is 0 Å². The van der Waals surface area contributed by atoms with E-state index in [1.54, 1.807) is 5.57 Å². The van der Waals surface area contributed by atoms with E-state index in [1.165, 1.54) is 57.1 Å². The highest BCUT2D eigenvalue weighted by molar-refractivity contribution is 5.23. The highest BCUT2D eigenvalue weighted by Crippen LogP contribution is 2.69. The van der Waals surface area contributed by atoms with Gasteiger partial charge in [0.25, 0.3) is 0 Å². The van der Waals surface area contributed by atoms with Gasteiger partial charge in [0.05, 0.1) is 18.5 Å². The second kappa shape index (κ2) is 7.28. The van der Waals surface area contributed by atoms with E-state index in [0.717, 1.165) is 61.4 Å². The zero-order valence-electron chi connectivity index (χ0n) is 19.4. The van der Waals surface area contributed by atoms with Crippen molar-refractivity contribution in [2.75, 3.05) is 6.61 Å². The molecule has 4 saturated carbocycles. The van der Waals surface area contributed by atoms with Crippen LogP contribution in [0, 0.1) is 46.3 Å². The molecule has 1 spiro atoms. The fourth-order valence-corrected chi connectivity index (χ4v) is 9.19. The molecule has 4 aliphatic carbocycles. The van der Waals surface area contributed by atoms with Gasteiger partial charge in [0, 0.05) is 11.8 Å². The van der Waals surface area contributed by atoms with Gasteiger partial charge >= 0.3 is 0 Å². The largest absolute Gasteiger partial charge is 0.497 e. The molecule has 0 saturated heterocycles. The Labute approximate surface area is 178 Å². The maximum atomic E-state index is 10.3. The van der Waals surface area contributed by atoms with Gasteiger partial charge in [0.2, 0.25) is 0 Å². The van der Waals surface area contributed by atoms with E-state index in [-0.39, 0.29) is 6.10 Å². The zero-order chi connectivity index (χ0) is 20.4. The van der Waals surface area contributed by atoms with Crippen molar-refractivity contribution in [2.24, 2.45) is 46.3 Å². The van der Waals surface area contributed by atoms with E-state index in [0.29, 0.717) is 10.8 Å². The van der Waals surface area contributed by atoms with Gasteiger partial charge in [0.1, 0.15) is 0 Å². The average molecular weight is 401 g/mol. The zero-order valence-corrected chi connectivity index (χ0v) is 19.4. The number of aliphatic hydroxyl groups excluding tert-OH is 1. The summed E-state index contributed by atoms with van der Waals surface area (Å²) in [6.07, 6.45) is 14.2. The topological polar surface area (TPSA) is 29.5 Å². The third kappa shape index (κ3) is 3.06. The molecule has 0 aromatic heterocycles. The molecule has 0 radical (unpaired) electrons. The monoisotopic (exact) mass is 400 g/mol. The Bertz CT molecular complexity index is 665. The van der Waals surface area contributed by atoms with E-state index >= 15 is 0 Å². The van der Waals surface area contributed by atoms with Gasteiger partial charge in [-0.15, -0.1) is 0 Å². The first-order chi connectivity index (χ1) is 13.8. The summed E-state index contributed by atoms with van der Waals surface area (Å²) in [5.41, 5.74) is 2.56. The number of aliphatic hydroxyl groups is 1. The average Bonchev–Trinajstić information content (AvgIpc) is 3.08. The summed E-state index contributed by atoms with van der Waals surface area (Å²) in [5, 5.41) is 10.3. The molecule has 5 rings (SSSR count). The Morgan fingerprint density at radius 3 is 2.66 bits per heavy atom. The fourth-order valence-electron chi connectivity index (χ4n) is 9.19. The van der Waals surface area contributed by atoms with Crippen molar-refractivity contribution in [3.05, 3.63) is 11.3 Å². The van der Waals surface area contributed by atoms with Gasteiger partial charge < -0.3 is 9.84 Å². The van der Waals surface area contributed by atoms with E-state index in [9.17, 15) is 5.11 Å². The second-order valence-electron chi connectivity index (χ2n) is 12.3. The molecule has 164 valence electrons. The Morgan fingerprint density at radius 2 is 1.86 bits per heavy atom. The maximum Gasteiger partial charge on any atom is 0.0952 e. The van der Waals surface area contributed by atoms with Crippen LogP contribution in [0.25, 0.3) is 0 Å². The quantitative estimate of drug-likeness (QED) is 0.569. The van der Waals surface area contributed by atoms with Crippen molar-refractivity contribution in [1.82, 2.24) is 0 Å². The fraction of sp³-hybridized carbons (Fsp3) is 0.926. The van der Waals surface area contributed by atoms with Crippen LogP contribution in [-0.2, 0) is 4.74 Å². The molecular formula is C27H44O2. The molecule has 2 heteroatoms. The normalized spacial score (nSPS) is 49.2. The first-order valence-electron chi connectivity index (χ1n) is 12.9.